The third kappa shape index (κ3) is 3.77. The SMILES string of the molecule is CC(=O)N1CCc2cc(Br)cc(NC(=O)CC3CCCCC3)c21. The molecule has 1 aliphatic carbocycles. The number of carbonyl (C=O) groups excluding carboxylic acids is 2. The van der Waals surface area contributed by atoms with Gasteiger partial charge in [0.25, 0.3) is 0 Å². The van der Waals surface area contributed by atoms with Crippen molar-refractivity contribution in [2.45, 2.75) is 51.9 Å². The summed E-state index contributed by atoms with van der Waals surface area (Å²) in [4.78, 5) is 26.1. The smallest absolute Gasteiger partial charge is 0.224 e. The number of nitrogens with zero attached hydrogens (tertiary/aromatic N) is 1. The fourth-order valence-corrected chi connectivity index (χ4v) is 4.28. The molecule has 0 bridgehead atoms. The molecule has 0 atom stereocenters. The van der Waals surface area contributed by atoms with Gasteiger partial charge in [-0.05, 0) is 42.9 Å². The van der Waals surface area contributed by atoms with Gasteiger partial charge in [0.2, 0.25) is 11.8 Å². The summed E-state index contributed by atoms with van der Waals surface area (Å²) in [5.74, 6) is 0.592. The third-order valence-electron chi connectivity index (χ3n) is 4.88. The molecule has 4 nitrogen and oxygen atoms in total. The highest BCUT2D eigenvalue weighted by Gasteiger charge is 2.27. The topological polar surface area (TPSA) is 49.4 Å². The zero-order valence-corrected chi connectivity index (χ0v) is 15.1. The van der Waals surface area contributed by atoms with Crippen molar-refractivity contribution >= 4 is 39.1 Å². The monoisotopic (exact) mass is 378 g/mol. The van der Waals surface area contributed by atoms with Crippen molar-refractivity contribution < 1.29 is 9.59 Å². The molecule has 0 aromatic heterocycles. The zero-order chi connectivity index (χ0) is 16.4. The van der Waals surface area contributed by atoms with Crippen LogP contribution in [0.3, 0.4) is 0 Å². The Kier molecular flexibility index (Phi) is 5.05. The molecule has 1 N–H and O–H groups in total. The molecule has 1 saturated carbocycles. The molecule has 0 radical (unpaired) electrons. The van der Waals surface area contributed by atoms with Crippen molar-refractivity contribution in [1.82, 2.24) is 0 Å². The predicted molar refractivity (Wildman–Crippen MR) is 95.7 cm³/mol. The summed E-state index contributed by atoms with van der Waals surface area (Å²) < 4.78 is 0.939. The Morgan fingerprint density at radius 2 is 2.00 bits per heavy atom. The van der Waals surface area contributed by atoms with Crippen LogP contribution in [0, 0.1) is 5.92 Å². The zero-order valence-electron chi connectivity index (χ0n) is 13.5. The number of amides is 2. The first-order valence-corrected chi connectivity index (χ1v) is 9.24. The van der Waals surface area contributed by atoms with E-state index in [1.165, 1.54) is 19.3 Å². The average molecular weight is 379 g/mol. The molecule has 5 heteroatoms. The molecular formula is C18H23BrN2O2. The van der Waals surface area contributed by atoms with Gasteiger partial charge >= 0.3 is 0 Å². The number of rotatable bonds is 3. The second-order valence-corrected chi connectivity index (χ2v) is 7.55. The maximum Gasteiger partial charge on any atom is 0.224 e. The minimum atomic E-state index is 0.0221. The Morgan fingerprint density at radius 1 is 1.26 bits per heavy atom. The van der Waals surface area contributed by atoms with Crippen LogP contribution in [0.25, 0.3) is 0 Å². The molecule has 1 heterocycles. The predicted octanol–water partition coefficient (Wildman–Crippen LogP) is 4.27. The molecule has 2 aliphatic rings. The van der Waals surface area contributed by atoms with Gasteiger partial charge in [-0.3, -0.25) is 9.59 Å². The molecule has 3 rings (SSSR count). The second-order valence-electron chi connectivity index (χ2n) is 6.64. The highest BCUT2D eigenvalue weighted by molar-refractivity contribution is 9.10. The minimum Gasteiger partial charge on any atom is -0.324 e. The van der Waals surface area contributed by atoms with E-state index in [1.807, 2.05) is 12.1 Å². The van der Waals surface area contributed by atoms with Crippen molar-refractivity contribution in [3.05, 3.63) is 22.2 Å². The number of halogens is 1. The summed E-state index contributed by atoms with van der Waals surface area (Å²) in [5.41, 5.74) is 2.74. The lowest BCUT2D eigenvalue weighted by atomic mass is 9.87. The molecule has 0 spiro atoms. The molecule has 124 valence electrons. The Balaban J connectivity index is 1.77. The number of hydrogen-bond acceptors (Lipinski definition) is 2. The molecule has 2 amide bonds. The van der Waals surface area contributed by atoms with Crippen LogP contribution in [-0.4, -0.2) is 18.4 Å². The summed E-state index contributed by atoms with van der Waals surface area (Å²) in [6.07, 6.45) is 7.50. The minimum absolute atomic E-state index is 0.0221. The van der Waals surface area contributed by atoms with Crippen LogP contribution in [0.5, 0.6) is 0 Å². The van der Waals surface area contributed by atoms with E-state index in [0.29, 0.717) is 18.9 Å². The molecule has 0 unspecified atom stereocenters. The van der Waals surface area contributed by atoms with Gasteiger partial charge in [-0.2, -0.15) is 0 Å². The van der Waals surface area contributed by atoms with Gasteiger partial charge in [0.05, 0.1) is 11.4 Å². The van der Waals surface area contributed by atoms with E-state index in [-0.39, 0.29) is 11.8 Å². The first-order valence-electron chi connectivity index (χ1n) is 8.45. The van der Waals surface area contributed by atoms with Gasteiger partial charge in [-0.15, -0.1) is 0 Å². The summed E-state index contributed by atoms with van der Waals surface area (Å²) in [6, 6.07) is 3.94. The Hall–Kier alpha value is -1.36. The van der Waals surface area contributed by atoms with Gasteiger partial charge in [-0.25, -0.2) is 0 Å². The Bertz CT molecular complexity index is 624. The lowest BCUT2D eigenvalue weighted by Gasteiger charge is -2.22. The van der Waals surface area contributed by atoms with Crippen LogP contribution in [-0.2, 0) is 16.0 Å². The molecule has 0 saturated heterocycles. The van der Waals surface area contributed by atoms with Gasteiger partial charge in [0, 0.05) is 24.4 Å². The number of hydrogen-bond donors (Lipinski definition) is 1. The third-order valence-corrected chi connectivity index (χ3v) is 5.34. The van der Waals surface area contributed by atoms with Crippen LogP contribution in [0.2, 0.25) is 0 Å². The number of fused-ring (bicyclic) bond motifs is 1. The molecule has 1 aliphatic heterocycles. The Labute approximate surface area is 145 Å². The van der Waals surface area contributed by atoms with Gasteiger partial charge in [0.15, 0.2) is 0 Å². The molecule has 1 aromatic carbocycles. The van der Waals surface area contributed by atoms with Crippen LogP contribution in [0.4, 0.5) is 11.4 Å². The lowest BCUT2D eigenvalue weighted by Crippen LogP contribution is -2.27. The van der Waals surface area contributed by atoms with E-state index >= 15 is 0 Å². The summed E-state index contributed by atoms with van der Waals surface area (Å²) in [5, 5.41) is 3.05. The van der Waals surface area contributed by atoms with Crippen molar-refractivity contribution in [2.75, 3.05) is 16.8 Å². The van der Waals surface area contributed by atoms with E-state index < -0.39 is 0 Å². The van der Waals surface area contributed by atoms with Crippen molar-refractivity contribution in [2.24, 2.45) is 5.92 Å². The first kappa shape index (κ1) is 16.5. The van der Waals surface area contributed by atoms with Crippen molar-refractivity contribution in [1.29, 1.82) is 0 Å². The second kappa shape index (κ2) is 7.04. The maximum atomic E-state index is 12.4. The van der Waals surface area contributed by atoms with Crippen LogP contribution < -0.4 is 10.2 Å². The number of nitrogens with one attached hydrogen (secondary N) is 1. The first-order chi connectivity index (χ1) is 11.0. The van der Waals surface area contributed by atoms with Crippen molar-refractivity contribution in [3.8, 4) is 0 Å². The molecule has 1 aromatic rings. The van der Waals surface area contributed by atoms with Gasteiger partial charge in [-0.1, -0.05) is 35.2 Å². The summed E-state index contributed by atoms with van der Waals surface area (Å²) >= 11 is 3.51. The highest BCUT2D eigenvalue weighted by atomic mass is 79.9. The van der Waals surface area contributed by atoms with E-state index in [4.69, 9.17) is 0 Å². The number of carbonyl (C=O) groups is 2. The number of anilines is 2. The molecule has 23 heavy (non-hydrogen) atoms. The van der Waals surface area contributed by atoms with Gasteiger partial charge in [0.1, 0.15) is 0 Å². The van der Waals surface area contributed by atoms with Crippen LogP contribution in [0.15, 0.2) is 16.6 Å². The van der Waals surface area contributed by atoms with Crippen molar-refractivity contribution in [3.63, 3.8) is 0 Å². The van der Waals surface area contributed by atoms with E-state index in [9.17, 15) is 9.59 Å². The quantitative estimate of drug-likeness (QED) is 0.853. The normalized spacial score (nSPS) is 17.9. The molecule has 1 fully saturated rings. The number of benzene rings is 1. The largest absolute Gasteiger partial charge is 0.324 e. The van der Waals surface area contributed by atoms with E-state index in [2.05, 4.69) is 21.2 Å². The molecular weight excluding hydrogens is 356 g/mol. The Morgan fingerprint density at radius 3 is 2.70 bits per heavy atom. The van der Waals surface area contributed by atoms with Crippen LogP contribution >= 0.6 is 15.9 Å². The van der Waals surface area contributed by atoms with E-state index in [1.54, 1.807) is 11.8 Å². The van der Waals surface area contributed by atoms with Crippen LogP contribution in [0.1, 0.15) is 51.0 Å². The average Bonchev–Trinajstić information content (AvgIpc) is 2.92. The fourth-order valence-electron chi connectivity index (χ4n) is 3.77. The fraction of sp³-hybridized carbons (Fsp3) is 0.556. The highest BCUT2D eigenvalue weighted by Crippen LogP contribution is 2.38. The standard InChI is InChI=1S/C18H23BrN2O2/c1-12(22)21-8-7-14-10-15(19)11-16(18(14)21)20-17(23)9-13-5-3-2-4-6-13/h10-11,13H,2-9H2,1H3,(H,20,23). The lowest BCUT2D eigenvalue weighted by molar-refractivity contribution is -0.118. The summed E-state index contributed by atoms with van der Waals surface area (Å²) in [7, 11) is 0. The van der Waals surface area contributed by atoms with Gasteiger partial charge < -0.3 is 10.2 Å². The summed E-state index contributed by atoms with van der Waals surface area (Å²) in [6.45, 7) is 2.26. The maximum absolute atomic E-state index is 12.4. The van der Waals surface area contributed by atoms with E-state index in [0.717, 1.165) is 40.7 Å².